The highest BCUT2D eigenvalue weighted by atomic mass is 32.2. The van der Waals surface area contributed by atoms with Crippen molar-refractivity contribution in [3.63, 3.8) is 0 Å². The predicted molar refractivity (Wildman–Crippen MR) is 111 cm³/mol. The number of anilines is 2. The van der Waals surface area contributed by atoms with Gasteiger partial charge in [0.1, 0.15) is 5.03 Å². The number of hydrogen-bond acceptors (Lipinski definition) is 5. The van der Waals surface area contributed by atoms with Crippen molar-refractivity contribution < 1.29 is 0 Å². The van der Waals surface area contributed by atoms with Gasteiger partial charge in [0.05, 0.1) is 22.6 Å². The second-order valence-corrected chi connectivity index (χ2v) is 6.77. The summed E-state index contributed by atoms with van der Waals surface area (Å²) in [5.41, 5.74) is 4.93. The van der Waals surface area contributed by atoms with E-state index in [2.05, 4.69) is 29.4 Å². The molecule has 4 rings (SSSR count). The van der Waals surface area contributed by atoms with Crippen molar-refractivity contribution in [3.05, 3.63) is 78.6 Å². The molecule has 6 heteroatoms. The van der Waals surface area contributed by atoms with E-state index in [1.807, 2.05) is 65.5 Å². The molecule has 0 saturated carbocycles. The van der Waals surface area contributed by atoms with Crippen LogP contribution >= 0.6 is 11.8 Å². The minimum atomic E-state index is 0.567. The van der Waals surface area contributed by atoms with Gasteiger partial charge in [0, 0.05) is 11.9 Å². The molecule has 2 heterocycles. The first-order chi connectivity index (χ1) is 13.3. The smallest absolute Gasteiger partial charge is 0.227 e. The van der Waals surface area contributed by atoms with Gasteiger partial charge in [-0.15, -0.1) is 11.8 Å². The van der Waals surface area contributed by atoms with E-state index in [0.717, 1.165) is 33.4 Å². The maximum absolute atomic E-state index is 4.79. The van der Waals surface area contributed by atoms with Crippen LogP contribution < -0.4 is 5.32 Å². The van der Waals surface area contributed by atoms with E-state index < -0.39 is 0 Å². The van der Waals surface area contributed by atoms with Crippen LogP contribution in [-0.2, 0) is 0 Å². The van der Waals surface area contributed by atoms with Crippen molar-refractivity contribution in [1.82, 2.24) is 19.7 Å². The van der Waals surface area contributed by atoms with Crippen molar-refractivity contribution in [2.75, 3.05) is 11.6 Å². The molecule has 134 valence electrons. The highest BCUT2D eigenvalue weighted by molar-refractivity contribution is 7.98. The number of hydrogen-bond donors (Lipinski definition) is 1. The molecule has 0 fully saturated rings. The first-order valence-electron chi connectivity index (χ1n) is 8.61. The number of thioether (sulfide) groups is 1. The molecule has 2 aromatic heterocycles. The lowest BCUT2D eigenvalue weighted by Crippen LogP contribution is -2.00. The molecular formula is C21H19N5S. The Morgan fingerprint density at radius 3 is 2.33 bits per heavy atom. The largest absolute Gasteiger partial charge is 0.324 e. The van der Waals surface area contributed by atoms with Gasteiger partial charge in [-0.3, -0.25) is 0 Å². The van der Waals surface area contributed by atoms with Gasteiger partial charge in [0.15, 0.2) is 0 Å². The van der Waals surface area contributed by atoms with Crippen LogP contribution in [0.2, 0.25) is 0 Å². The molecule has 0 atom stereocenters. The quantitative estimate of drug-likeness (QED) is 0.493. The fourth-order valence-electron chi connectivity index (χ4n) is 2.94. The zero-order chi connectivity index (χ0) is 18.6. The maximum atomic E-state index is 4.79. The van der Waals surface area contributed by atoms with Crippen LogP contribution in [0.3, 0.4) is 0 Å². The third-order valence-corrected chi connectivity index (χ3v) is 4.89. The Hall–Kier alpha value is -3.12. The van der Waals surface area contributed by atoms with Crippen LogP contribution in [0.25, 0.3) is 16.9 Å². The number of nitrogens with zero attached hydrogens (tertiary/aromatic N) is 4. The number of benzene rings is 2. The van der Waals surface area contributed by atoms with Crippen LogP contribution in [0.5, 0.6) is 0 Å². The molecule has 4 aromatic rings. The molecule has 0 bridgehead atoms. The zero-order valence-corrected chi connectivity index (χ0v) is 15.9. The van der Waals surface area contributed by atoms with Crippen LogP contribution in [0.15, 0.2) is 78.0 Å². The van der Waals surface area contributed by atoms with Crippen LogP contribution in [0, 0.1) is 6.92 Å². The number of rotatable bonds is 5. The van der Waals surface area contributed by atoms with Crippen LogP contribution in [-0.4, -0.2) is 26.0 Å². The summed E-state index contributed by atoms with van der Waals surface area (Å²) in [7, 11) is 0. The second kappa shape index (κ2) is 7.63. The van der Waals surface area contributed by atoms with Crippen molar-refractivity contribution in [2.45, 2.75) is 11.9 Å². The van der Waals surface area contributed by atoms with E-state index in [0.29, 0.717) is 5.95 Å². The molecule has 0 saturated heterocycles. The lowest BCUT2D eigenvalue weighted by Gasteiger charge is -2.08. The van der Waals surface area contributed by atoms with Crippen molar-refractivity contribution >= 4 is 23.4 Å². The van der Waals surface area contributed by atoms with Gasteiger partial charge in [0.25, 0.3) is 0 Å². The van der Waals surface area contributed by atoms with Gasteiger partial charge in [-0.2, -0.15) is 5.10 Å². The van der Waals surface area contributed by atoms with Gasteiger partial charge in [-0.05, 0) is 43.5 Å². The fraction of sp³-hybridized carbons (Fsp3) is 0.0952. The first-order valence-corrected chi connectivity index (χ1v) is 9.83. The maximum Gasteiger partial charge on any atom is 0.227 e. The number of nitrogens with one attached hydrogen (secondary N) is 1. The second-order valence-electron chi connectivity index (χ2n) is 5.97. The minimum Gasteiger partial charge on any atom is -0.324 e. The molecule has 0 aliphatic rings. The Morgan fingerprint density at radius 1 is 0.926 bits per heavy atom. The zero-order valence-electron chi connectivity index (χ0n) is 15.1. The van der Waals surface area contributed by atoms with Gasteiger partial charge in [-0.25, -0.2) is 14.6 Å². The van der Waals surface area contributed by atoms with Crippen LogP contribution in [0.4, 0.5) is 11.6 Å². The molecule has 1 N–H and O–H groups in total. The molecule has 0 aliphatic carbocycles. The van der Waals surface area contributed by atoms with Gasteiger partial charge in [-0.1, -0.05) is 36.4 Å². The first kappa shape index (κ1) is 17.3. The van der Waals surface area contributed by atoms with E-state index in [1.165, 1.54) is 0 Å². The highest BCUT2D eigenvalue weighted by Crippen LogP contribution is 2.33. The lowest BCUT2D eigenvalue weighted by molar-refractivity contribution is 0.814. The van der Waals surface area contributed by atoms with Crippen molar-refractivity contribution in [2.24, 2.45) is 0 Å². The summed E-state index contributed by atoms with van der Waals surface area (Å²) >= 11 is 1.62. The van der Waals surface area contributed by atoms with E-state index in [1.54, 1.807) is 18.0 Å². The monoisotopic (exact) mass is 373 g/mol. The van der Waals surface area contributed by atoms with E-state index in [4.69, 9.17) is 10.1 Å². The standard InChI is InChI=1S/C21H19N5S/c1-15-19(20(27-2)25-26(15)17-11-7-4-8-12-17)18-13-14-22-21(24-18)23-16-9-5-3-6-10-16/h3-14H,1-2H3,(H,22,23,24). The molecule has 0 aliphatic heterocycles. The van der Waals surface area contributed by atoms with Gasteiger partial charge < -0.3 is 5.32 Å². The fourth-order valence-corrected chi connectivity index (χ4v) is 3.56. The lowest BCUT2D eigenvalue weighted by atomic mass is 10.2. The predicted octanol–water partition coefficient (Wildman–Crippen LogP) is 5.10. The third-order valence-electron chi connectivity index (χ3n) is 4.22. The van der Waals surface area contributed by atoms with Gasteiger partial charge in [0.2, 0.25) is 5.95 Å². The molecule has 0 spiro atoms. The van der Waals surface area contributed by atoms with Crippen LogP contribution in [0.1, 0.15) is 5.69 Å². The number of para-hydroxylation sites is 2. The van der Waals surface area contributed by atoms with E-state index in [-0.39, 0.29) is 0 Å². The SMILES string of the molecule is CSc1nn(-c2ccccc2)c(C)c1-c1ccnc(Nc2ccccc2)n1. The van der Waals surface area contributed by atoms with Gasteiger partial charge >= 0.3 is 0 Å². The molecule has 2 aromatic carbocycles. The summed E-state index contributed by atoms with van der Waals surface area (Å²) in [5, 5.41) is 8.99. The average molecular weight is 373 g/mol. The summed E-state index contributed by atoms with van der Waals surface area (Å²) in [6, 6.07) is 22.0. The highest BCUT2D eigenvalue weighted by Gasteiger charge is 2.18. The Balaban J connectivity index is 1.75. The summed E-state index contributed by atoms with van der Waals surface area (Å²) < 4.78 is 1.97. The number of aromatic nitrogens is 4. The Labute approximate surface area is 162 Å². The summed E-state index contributed by atoms with van der Waals surface area (Å²) in [5.74, 6) is 0.567. The van der Waals surface area contributed by atoms with E-state index >= 15 is 0 Å². The normalized spacial score (nSPS) is 10.7. The molecule has 0 unspecified atom stereocenters. The molecule has 0 amide bonds. The average Bonchev–Trinajstić information content (AvgIpc) is 3.06. The minimum absolute atomic E-state index is 0.567. The van der Waals surface area contributed by atoms with Crippen molar-refractivity contribution in [1.29, 1.82) is 0 Å². The Bertz CT molecular complexity index is 1040. The molecule has 27 heavy (non-hydrogen) atoms. The molecule has 0 radical (unpaired) electrons. The summed E-state index contributed by atoms with van der Waals surface area (Å²) in [6.45, 7) is 2.07. The molecule has 5 nitrogen and oxygen atoms in total. The summed E-state index contributed by atoms with van der Waals surface area (Å²) in [6.07, 6.45) is 3.81. The Kier molecular flexibility index (Phi) is 4.89. The third kappa shape index (κ3) is 3.57. The molecular weight excluding hydrogens is 354 g/mol. The van der Waals surface area contributed by atoms with E-state index in [9.17, 15) is 0 Å². The van der Waals surface area contributed by atoms with Crippen molar-refractivity contribution in [3.8, 4) is 16.9 Å². The topological polar surface area (TPSA) is 55.6 Å². The Morgan fingerprint density at radius 2 is 1.63 bits per heavy atom. The summed E-state index contributed by atoms with van der Waals surface area (Å²) in [4.78, 5) is 9.08.